The third-order valence-corrected chi connectivity index (χ3v) is 5.74. The van der Waals surface area contributed by atoms with Crippen molar-refractivity contribution in [3.63, 3.8) is 0 Å². The zero-order valence-corrected chi connectivity index (χ0v) is 15.7. The molecule has 7 heteroatoms. The van der Waals surface area contributed by atoms with Gasteiger partial charge >= 0.3 is 0 Å². The standard InChI is InChI=1S/C17H27N3O3S/c1-5-14(17-18-11(2)12(3)24-17)19-16(22)13-6-8-20(9-7-13)15(21)10-23-4/h13-14H,5-10H2,1-4H3,(H,19,22). The Morgan fingerprint density at radius 2 is 2.04 bits per heavy atom. The summed E-state index contributed by atoms with van der Waals surface area (Å²) in [4.78, 5) is 31.9. The number of aryl methyl sites for hydroxylation is 2. The van der Waals surface area contributed by atoms with E-state index in [2.05, 4.69) is 24.1 Å². The average molecular weight is 353 g/mol. The number of nitrogens with one attached hydrogen (secondary N) is 1. The maximum atomic E-state index is 12.6. The number of methoxy groups -OCH3 is 1. The van der Waals surface area contributed by atoms with Gasteiger partial charge < -0.3 is 15.0 Å². The Hall–Kier alpha value is -1.47. The third-order valence-electron chi connectivity index (χ3n) is 4.55. The number of thiazole rings is 1. The highest BCUT2D eigenvalue weighted by Crippen LogP contribution is 2.26. The van der Waals surface area contributed by atoms with E-state index in [0.717, 1.165) is 17.1 Å². The summed E-state index contributed by atoms with van der Waals surface area (Å²) >= 11 is 1.65. The van der Waals surface area contributed by atoms with Gasteiger partial charge in [-0.1, -0.05) is 6.92 Å². The molecule has 1 fully saturated rings. The summed E-state index contributed by atoms with van der Waals surface area (Å²) in [6.45, 7) is 7.45. The Kier molecular flexibility index (Phi) is 6.74. The summed E-state index contributed by atoms with van der Waals surface area (Å²) < 4.78 is 4.88. The van der Waals surface area contributed by atoms with Gasteiger partial charge in [0.05, 0.1) is 11.7 Å². The van der Waals surface area contributed by atoms with Crippen LogP contribution in [0.15, 0.2) is 0 Å². The minimum Gasteiger partial charge on any atom is -0.375 e. The lowest BCUT2D eigenvalue weighted by Gasteiger charge is -2.31. The zero-order chi connectivity index (χ0) is 17.7. The van der Waals surface area contributed by atoms with Crippen molar-refractivity contribution < 1.29 is 14.3 Å². The molecule has 1 aromatic rings. The molecule has 134 valence electrons. The zero-order valence-electron chi connectivity index (χ0n) is 14.9. The van der Waals surface area contributed by atoms with E-state index in [4.69, 9.17) is 4.74 Å². The normalized spacial score (nSPS) is 16.9. The molecule has 24 heavy (non-hydrogen) atoms. The summed E-state index contributed by atoms with van der Waals surface area (Å²) in [6.07, 6.45) is 2.23. The molecule has 0 aromatic carbocycles. The highest BCUT2D eigenvalue weighted by molar-refractivity contribution is 7.11. The SMILES string of the molecule is CCC(NC(=O)C1CCN(C(=O)COC)CC1)c1nc(C)c(C)s1. The number of carbonyl (C=O) groups is 2. The van der Waals surface area contributed by atoms with Gasteiger partial charge in [0, 0.05) is 31.0 Å². The molecular weight excluding hydrogens is 326 g/mol. The van der Waals surface area contributed by atoms with Gasteiger partial charge in [-0.2, -0.15) is 0 Å². The molecule has 0 aliphatic carbocycles. The summed E-state index contributed by atoms with van der Waals surface area (Å²) in [7, 11) is 1.52. The van der Waals surface area contributed by atoms with Crippen LogP contribution < -0.4 is 5.32 Å². The summed E-state index contributed by atoms with van der Waals surface area (Å²) in [6, 6.07) is -0.0250. The Morgan fingerprint density at radius 3 is 2.54 bits per heavy atom. The van der Waals surface area contributed by atoms with Crippen molar-refractivity contribution in [2.24, 2.45) is 5.92 Å². The second kappa shape index (κ2) is 8.58. The lowest BCUT2D eigenvalue weighted by molar-refractivity contribution is -0.138. The topological polar surface area (TPSA) is 71.5 Å². The van der Waals surface area contributed by atoms with Crippen molar-refractivity contribution in [1.82, 2.24) is 15.2 Å². The lowest BCUT2D eigenvalue weighted by Crippen LogP contribution is -2.44. The highest BCUT2D eigenvalue weighted by Gasteiger charge is 2.29. The van der Waals surface area contributed by atoms with Crippen LogP contribution in [0.2, 0.25) is 0 Å². The summed E-state index contributed by atoms with van der Waals surface area (Å²) in [5.41, 5.74) is 1.03. The van der Waals surface area contributed by atoms with Crippen LogP contribution in [0, 0.1) is 19.8 Å². The average Bonchev–Trinajstić information content (AvgIpc) is 2.91. The van der Waals surface area contributed by atoms with E-state index in [1.807, 2.05) is 6.92 Å². The van der Waals surface area contributed by atoms with E-state index < -0.39 is 0 Å². The number of hydrogen-bond acceptors (Lipinski definition) is 5. The molecule has 0 bridgehead atoms. The molecule has 6 nitrogen and oxygen atoms in total. The molecule has 1 atom stereocenters. The van der Waals surface area contributed by atoms with Crippen molar-refractivity contribution in [2.75, 3.05) is 26.8 Å². The van der Waals surface area contributed by atoms with Gasteiger partial charge in [0.15, 0.2) is 0 Å². The first-order valence-electron chi connectivity index (χ1n) is 8.47. The molecule has 1 unspecified atom stereocenters. The van der Waals surface area contributed by atoms with Gasteiger partial charge in [-0.3, -0.25) is 9.59 Å². The third kappa shape index (κ3) is 4.54. The van der Waals surface area contributed by atoms with Crippen LogP contribution >= 0.6 is 11.3 Å². The molecule has 2 amide bonds. The minimum absolute atomic E-state index is 0.00321. The van der Waals surface area contributed by atoms with Crippen LogP contribution in [0.5, 0.6) is 0 Å². The first-order chi connectivity index (χ1) is 11.5. The smallest absolute Gasteiger partial charge is 0.248 e. The van der Waals surface area contributed by atoms with E-state index in [9.17, 15) is 9.59 Å². The number of carbonyl (C=O) groups excluding carboxylic acids is 2. The van der Waals surface area contributed by atoms with Crippen LogP contribution in [0.4, 0.5) is 0 Å². The second-order valence-electron chi connectivity index (χ2n) is 6.25. The Morgan fingerprint density at radius 1 is 1.38 bits per heavy atom. The highest BCUT2D eigenvalue weighted by atomic mass is 32.1. The van der Waals surface area contributed by atoms with Crippen LogP contribution in [-0.2, 0) is 14.3 Å². The number of amides is 2. The van der Waals surface area contributed by atoms with E-state index in [-0.39, 0.29) is 30.4 Å². The molecule has 2 rings (SSSR count). The number of likely N-dealkylation sites (tertiary alicyclic amines) is 1. The van der Waals surface area contributed by atoms with E-state index in [1.165, 1.54) is 12.0 Å². The fourth-order valence-corrected chi connectivity index (χ4v) is 3.94. The van der Waals surface area contributed by atoms with Gasteiger partial charge in [-0.25, -0.2) is 4.98 Å². The number of rotatable bonds is 6. The van der Waals surface area contributed by atoms with Gasteiger partial charge in [0.25, 0.3) is 0 Å². The fourth-order valence-electron chi connectivity index (χ4n) is 2.88. The predicted octanol–water partition coefficient (Wildman–Crippen LogP) is 2.21. The van der Waals surface area contributed by atoms with Crippen LogP contribution in [0.1, 0.15) is 47.8 Å². The first-order valence-corrected chi connectivity index (χ1v) is 9.28. The van der Waals surface area contributed by atoms with Crippen molar-refractivity contribution >= 4 is 23.2 Å². The molecule has 0 spiro atoms. The second-order valence-corrected chi connectivity index (χ2v) is 7.49. The van der Waals surface area contributed by atoms with Crippen molar-refractivity contribution in [2.45, 2.75) is 46.1 Å². The van der Waals surface area contributed by atoms with E-state index >= 15 is 0 Å². The van der Waals surface area contributed by atoms with Crippen LogP contribution in [0.3, 0.4) is 0 Å². The Bertz CT molecular complexity index is 560. The first kappa shape index (κ1) is 18.9. The number of aromatic nitrogens is 1. The van der Waals surface area contributed by atoms with Crippen molar-refractivity contribution in [3.8, 4) is 0 Å². The maximum Gasteiger partial charge on any atom is 0.248 e. The molecule has 1 saturated heterocycles. The molecule has 0 radical (unpaired) electrons. The molecule has 0 saturated carbocycles. The lowest BCUT2D eigenvalue weighted by atomic mass is 9.95. The largest absolute Gasteiger partial charge is 0.375 e. The Labute approximate surface area is 147 Å². The quantitative estimate of drug-likeness (QED) is 0.851. The monoisotopic (exact) mass is 353 g/mol. The van der Waals surface area contributed by atoms with Crippen LogP contribution in [-0.4, -0.2) is 48.5 Å². The summed E-state index contributed by atoms with van der Waals surface area (Å²) in [5.74, 6) is 0.0375. The molecule has 1 aromatic heterocycles. The maximum absolute atomic E-state index is 12.6. The van der Waals surface area contributed by atoms with Gasteiger partial charge in [-0.05, 0) is 33.1 Å². The van der Waals surface area contributed by atoms with Crippen molar-refractivity contribution in [1.29, 1.82) is 0 Å². The van der Waals surface area contributed by atoms with E-state index in [0.29, 0.717) is 25.9 Å². The molecule has 2 heterocycles. The number of ether oxygens (including phenoxy) is 1. The number of hydrogen-bond donors (Lipinski definition) is 1. The fraction of sp³-hybridized carbons (Fsp3) is 0.706. The molecule has 1 aliphatic heterocycles. The Balaban J connectivity index is 1.89. The summed E-state index contributed by atoms with van der Waals surface area (Å²) in [5, 5.41) is 4.12. The van der Waals surface area contributed by atoms with Crippen LogP contribution in [0.25, 0.3) is 0 Å². The van der Waals surface area contributed by atoms with Gasteiger partial charge in [0.2, 0.25) is 11.8 Å². The minimum atomic E-state index is -0.0344. The molecule has 1 N–H and O–H groups in total. The number of nitrogens with zero attached hydrogens (tertiary/aromatic N) is 2. The van der Waals surface area contributed by atoms with Gasteiger partial charge in [0.1, 0.15) is 11.6 Å². The molecular formula is C17H27N3O3S. The van der Waals surface area contributed by atoms with E-state index in [1.54, 1.807) is 16.2 Å². The van der Waals surface area contributed by atoms with Crippen molar-refractivity contribution in [3.05, 3.63) is 15.6 Å². The number of piperidine rings is 1. The van der Waals surface area contributed by atoms with Gasteiger partial charge in [-0.15, -0.1) is 11.3 Å². The molecule has 1 aliphatic rings. The predicted molar refractivity (Wildman–Crippen MR) is 93.9 cm³/mol.